The van der Waals surface area contributed by atoms with E-state index in [1.54, 1.807) is 0 Å². The zero-order valence-corrected chi connectivity index (χ0v) is 16.0. The van der Waals surface area contributed by atoms with Crippen LogP contribution in [0, 0.1) is 6.92 Å². The highest BCUT2D eigenvalue weighted by atomic mass is 15.3. The molecular weight excluding hydrogens is 336 g/mol. The van der Waals surface area contributed by atoms with Gasteiger partial charge in [-0.15, -0.1) is 0 Å². The van der Waals surface area contributed by atoms with Crippen molar-refractivity contribution in [2.75, 3.05) is 38.1 Å². The first-order valence-corrected chi connectivity index (χ1v) is 9.44. The lowest BCUT2D eigenvalue weighted by molar-refractivity contribution is 0.372. The number of nitrogens with one attached hydrogen (secondary N) is 1. The summed E-state index contributed by atoms with van der Waals surface area (Å²) in [5.41, 5.74) is 4.49. The van der Waals surface area contributed by atoms with Gasteiger partial charge in [-0.2, -0.15) is 0 Å². The minimum absolute atomic E-state index is 0.673. The molecule has 27 heavy (non-hydrogen) atoms. The van der Waals surface area contributed by atoms with Crippen molar-refractivity contribution in [1.82, 2.24) is 19.6 Å². The molecule has 0 unspecified atom stereocenters. The Morgan fingerprint density at radius 3 is 2.52 bits per heavy atom. The Morgan fingerprint density at radius 2 is 1.81 bits per heavy atom. The van der Waals surface area contributed by atoms with Crippen LogP contribution < -0.4 is 10.2 Å². The van der Waals surface area contributed by atoms with Crippen LogP contribution in [0.15, 0.2) is 59.7 Å². The number of imidazole rings is 1. The summed E-state index contributed by atoms with van der Waals surface area (Å²) in [6.45, 7) is 6.68. The zero-order chi connectivity index (χ0) is 18.6. The molecule has 0 saturated carbocycles. The minimum Gasteiger partial charge on any atom is -0.368 e. The van der Waals surface area contributed by atoms with Crippen molar-refractivity contribution in [3.63, 3.8) is 0 Å². The molecule has 6 nitrogen and oxygen atoms in total. The SMILES string of the molecule is CN=C(NCc1cn2c(C)cccc2n1)N1CCN(c2ccccc2)CC1. The first-order valence-electron chi connectivity index (χ1n) is 9.44. The molecule has 2 aromatic heterocycles. The predicted molar refractivity (Wildman–Crippen MR) is 110 cm³/mol. The molecule has 0 aliphatic carbocycles. The smallest absolute Gasteiger partial charge is 0.194 e. The van der Waals surface area contributed by atoms with E-state index in [9.17, 15) is 0 Å². The van der Waals surface area contributed by atoms with Crippen LogP contribution in [-0.2, 0) is 6.54 Å². The van der Waals surface area contributed by atoms with E-state index in [2.05, 4.69) is 74.0 Å². The molecule has 1 N–H and O–H groups in total. The lowest BCUT2D eigenvalue weighted by Gasteiger charge is -2.37. The van der Waals surface area contributed by atoms with Gasteiger partial charge < -0.3 is 19.5 Å². The third kappa shape index (κ3) is 3.74. The van der Waals surface area contributed by atoms with Gasteiger partial charge in [0.25, 0.3) is 0 Å². The zero-order valence-electron chi connectivity index (χ0n) is 16.0. The number of benzene rings is 1. The van der Waals surface area contributed by atoms with Crippen molar-refractivity contribution in [1.29, 1.82) is 0 Å². The number of rotatable bonds is 3. The number of guanidine groups is 1. The van der Waals surface area contributed by atoms with Crippen LogP contribution in [-0.4, -0.2) is 53.5 Å². The number of piperazine rings is 1. The Morgan fingerprint density at radius 1 is 1.04 bits per heavy atom. The molecule has 1 aliphatic rings. The molecule has 4 rings (SSSR count). The maximum atomic E-state index is 4.70. The average Bonchev–Trinajstić information content (AvgIpc) is 3.14. The topological polar surface area (TPSA) is 48.2 Å². The summed E-state index contributed by atoms with van der Waals surface area (Å²) in [6, 6.07) is 16.8. The Labute approximate surface area is 160 Å². The van der Waals surface area contributed by atoms with Gasteiger partial charge in [0.15, 0.2) is 5.96 Å². The van der Waals surface area contributed by atoms with Crippen LogP contribution in [0.2, 0.25) is 0 Å². The number of hydrogen-bond donors (Lipinski definition) is 1. The first-order chi connectivity index (χ1) is 13.2. The Balaban J connectivity index is 1.36. The van der Waals surface area contributed by atoms with Crippen molar-refractivity contribution in [3.8, 4) is 0 Å². The molecule has 0 atom stereocenters. The molecule has 6 heteroatoms. The lowest BCUT2D eigenvalue weighted by atomic mass is 10.2. The number of aromatic nitrogens is 2. The second-order valence-corrected chi connectivity index (χ2v) is 6.84. The molecule has 140 valence electrons. The van der Waals surface area contributed by atoms with Crippen molar-refractivity contribution in [2.45, 2.75) is 13.5 Å². The Bertz CT molecular complexity index is 922. The minimum atomic E-state index is 0.673. The van der Waals surface area contributed by atoms with Crippen LogP contribution >= 0.6 is 0 Å². The summed E-state index contributed by atoms with van der Waals surface area (Å²) in [4.78, 5) is 13.9. The number of anilines is 1. The second kappa shape index (κ2) is 7.70. The van der Waals surface area contributed by atoms with Crippen molar-refractivity contribution in [2.24, 2.45) is 4.99 Å². The van der Waals surface area contributed by atoms with Crippen LogP contribution in [0.1, 0.15) is 11.4 Å². The number of pyridine rings is 1. The molecule has 3 heterocycles. The quantitative estimate of drug-likeness (QED) is 0.575. The maximum absolute atomic E-state index is 4.70. The van der Waals surface area contributed by atoms with Gasteiger partial charge in [-0.3, -0.25) is 4.99 Å². The van der Waals surface area contributed by atoms with Gasteiger partial charge in [-0.05, 0) is 31.2 Å². The molecule has 0 spiro atoms. The van der Waals surface area contributed by atoms with E-state index >= 15 is 0 Å². The standard InChI is InChI=1S/C21H26N6/c1-17-7-6-10-20-24-18(16-27(17)20)15-23-21(22-2)26-13-11-25(12-14-26)19-8-4-3-5-9-19/h3-10,16H,11-15H2,1-2H3,(H,22,23). The molecule has 1 fully saturated rings. The molecule has 0 bridgehead atoms. The van der Waals surface area contributed by atoms with Gasteiger partial charge in [0, 0.05) is 50.8 Å². The van der Waals surface area contributed by atoms with Gasteiger partial charge in [-0.1, -0.05) is 24.3 Å². The van der Waals surface area contributed by atoms with E-state index < -0.39 is 0 Å². The third-order valence-electron chi connectivity index (χ3n) is 5.09. The first kappa shape index (κ1) is 17.4. The average molecular weight is 362 g/mol. The highest BCUT2D eigenvalue weighted by Gasteiger charge is 2.19. The Hall–Kier alpha value is -3.02. The van der Waals surface area contributed by atoms with E-state index in [-0.39, 0.29) is 0 Å². The van der Waals surface area contributed by atoms with Crippen LogP contribution in [0.3, 0.4) is 0 Å². The van der Waals surface area contributed by atoms with Gasteiger partial charge in [0.2, 0.25) is 0 Å². The molecule has 1 saturated heterocycles. The molecule has 3 aromatic rings. The largest absolute Gasteiger partial charge is 0.368 e. The number of para-hydroxylation sites is 1. The summed E-state index contributed by atoms with van der Waals surface area (Å²) in [7, 11) is 1.85. The van der Waals surface area contributed by atoms with Crippen molar-refractivity contribution in [3.05, 3.63) is 66.1 Å². The van der Waals surface area contributed by atoms with E-state index in [1.165, 1.54) is 11.4 Å². The molecule has 0 amide bonds. The summed E-state index contributed by atoms with van der Waals surface area (Å²) in [5.74, 6) is 0.941. The number of hydrogen-bond acceptors (Lipinski definition) is 3. The second-order valence-electron chi connectivity index (χ2n) is 6.84. The molecule has 1 aliphatic heterocycles. The van der Waals surface area contributed by atoms with E-state index in [1.807, 2.05) is 19.2 Å². The van der Waals surface area contributed by atoms with Crippen LogP contribution in [0.5, 0.6) is 0 Å². The maximum Gasteiger partial charge on any atom is 0.194 e. The molecule has 0 radical (unpaired) electrons. The van der Waals surface area contributed by atoms with Gasteiger partial charge >= 0.3 is 0 Å². The van der Waals surface area contributed by atoms with E-state index in [0.717, 1.165) is 43.5 Å². The van der Waals surface area contributed by atoms with Gasteiger partial charge in [-0.25, -0.2) is 4.98 Å². The van der Waals surface area contributed by atoms with Gasteiger partial charge in [0.1, 0.15) is 5.65 Å². The van der Waals surface area contributed by atoms with Crippen molar-refractivity contribution < 1.29 is 0 Å². The normalized spacial score (nSPS) is 15.4. The fourth-order valence-electron chi connectivity index (χ4n) is 3.60. The lowest BCUT2D eigenvalue weighted by Crippen LogP contribution is -2.52. The third-order valence-corrected chi connectivity index (χ3v) is 5.09. The van der Waals surface area contributed by atoms with E-state index in [0.29, 0.717) is 6.54 Å². The number of aliphatic imine (C=N–C) groups is 1. The molecular formula is C21H26N6. The van der Waals surface area contributed by atoms with Crippen LogP contribution in [0.4, 0.5) is 5.69 Å². The van der Waals surface area contributed by atoms with E-state index in [4.69, 9.17) is 4.98 Å². The Kier molecular flexibility index (Phi) is 4.96. The number of aryl methyl sites for hydroxylation is 1. The number of fused-ring (bicyclic) bond motifs is 1. The van der Waals surface area contributed by atoms with Crippen LogP contribution in [0.25, 0.3) is 5.65 Å². The fraction of sp³-hybridized carbons (Fsp3) is 0.333. The fourth-order valence-corrected chi connectivity index (χ4v) is 3.60. The highest BCUT2D eigenvalue weighted by molar-refractivity contribution is 5.80. The monoisotopic (exact) mass is 362 g/mol. The summed E-state index contributed by atoms with van der Waals surface area (Å²) >= 11 is 0. The number of nitrogens with zero attached hydrogens (tertiary/aromatic N) is 5. The summed E-state index contributed by atoms with van der Waals surface area (Å²) < 4.78 is 2.12. The highest BCUT2D eigenvalue weighted by Crippen LogP contribution is 2.15. The van der Waals surface area contributed by atoms with Gasteiger partial charge in [0.05, 0.1) is 12.2 Å². The predicted octanol–water partition coefficient (Wildman–Crippen LogP) is 2.54. The molecule has 1 aromatic carbocycles. The van der Waals surface area contributed by atoms with Crippen molar-refractivity contribution >= 4 is 17.3 Å². The summed E-state index contributed by atoms with van der Waals surface area (Å²) in [6.07, 6.45) is 2.10. The summed E-state index contributed by atoms with van der Waals surface area (Å²) in [5, 5.41) is 3.47.